The Balaban J connectivity index is 3.34. The van der Waals surface area contributed by atoms with Crippen LogP contribution in [0, 0.1) is 5.92 Å². The van der Waals surface area contributed by atoms with Crippen LogP contribution in [-0.4, -0.2) is 41.1 Å². The lowest BCUT2D eigenvalue weighted by atomic mass is 10.1. The second kappa shape index (κ2) is 7.65. The SMILES string of the molecule is CC[S+]([O-])CCN(C)CCC(C)C. The van der Waals surface area contributed by atoms with E-state index in [1.54, 1.807) is 0 Å². The van der Waals surface area contributed by atoms with E-state index in [0.717, 1.165) is 30.5 Å². The van der Waals surface area contributed by atoms with Gasteiger partial charge in [0.15, 0.2) is 0 Å². The predicted octanol–water partition coefficient (Wildman–Crippen LogP) is 1.73. The molecule has 0 heterocycles. The maximum atomic E-state index is 11.1. The Kier molecular flexibility index (Phi) is 7.81. The highest BCUT2D eigenvalue weighted by Gasteiger charge is 2.05. The summed E-state index contributed by atoms with van der Waals surface area (Å²) in [6, 6.07) is 0. The standard InChI is InChI=1S/C10H23NOS/c1-5-13(12)9-8-11(4)7-6-10(2)3/h10H,5-9H2,1-4H3. The van der Waals surface area contributed by atoms with Crippen molar-refractivity contribution in [3.63, 3.8) is 0 Å². The van der Waals surface area contributed by atoms with Crippen molar-refractivity contribution in [2.24, 2.45) is 5.92 Å². The maximum absolute atomic E-state index is 11.1. The third-order valence-electron chi connectivity index (χ3n) is 2.11. The zero-order valence-electron chi connectivity index (χ0n) is 9.38. The molecule has 3 heteroatoms. The van der Waals surface area contributed by atoms with Crippen LogP contribution >= 0.6 is 0 Å². The maximum Gasteiger partial charge on any atom is 0.118 e. The second-order valence-electron chi connectivity index (χ2n) is 3.92. The summed E-state index contributed by atoms with van der Waals surface area (Å²) in [5.41, 5.74) is 0. The van der Waals surface area contributed by atoms with Crippen molar-refractivity contribution < 1.29 is 4.55 Å². The van der Waals surface area contributed by atoms with E-state index in [2.05, 4.69) is 25.8 Å². The topological polar surface area (TPSA) is 26.3 Å². The molecule has 0 spiro atoms. The van der Waals surface area contributed by atoms with Crippen molar-refractivity contribution in [2.75, 3.05) is 31.6 Å². The largest absolute Gasteiger partial charge is 0.616 e. The number of hydrogen-bond acceptors (Lipinski definition) is 2. The molecular formula is C10H23NOS. The van der Waals surface area contributed by atoms with Gasteiger partial charge in [0.25, 0.3) is 0 Å². The Labute approximate surface area is 85.9 Å². The van der Waals surface area contributed by atoms with Crippen molar-refractivity contribution in [1.82, 2.24) is 4.90 Å². The van der Waals surface area contributed by atoms with Crippen LogP contribution in [0.4, 0.5) is 0 Å². The van der Waals surface area contributed by atoms with Gasteiger partial charge in [-0.15, -0.1) is 0 Å². The van der Waals surface area contributed by atoms with Crippen LogP contribution in [0.2, 0.25) is 0 Å². The first-order chi connectivity index (χ1) is 6.06. The molecule has 1 atom stereocenters. The van der Waals surface area contributed by atoms with Crippen molar-refractivity contribution >= 4 is 11.2 Å². The fourth-order valence-electron chi connectivity index (χ4n) is 0.992. The van der Waals surface area contributed by atoms with Crippen molar-refractivity contribution in [3.05, 3.63) is 0 Å². The van der Waals surface area contributed by atoms with Gasteiger partial charge in [-0.1, -0.05) is 25.0 Å². The Bertz CT molecular complexity index is 119. The van der Waals surface area contributed by atoms with Gasteiger partial charge in [-0.25, -0.2) is 0 Å². The van der Waals surface area contributed by atoms with Crippen LogP contribution in [0.1, 0.15) is 27.2 Å². The molecule has 0 aliphatic carbocycles. The van der Waals surface area contributed by atoms with E-state index in [4.69, 9.17) is 0 Å². The third-order valence-corrected chi connectivity index (χ3v) is 3.39. The first kappa shape index (κ1) is 13.3. The van der Waals surface area contributed by atoms with Gasteiger partial charge in [0, 0.05) is 6.54 Å². The van der Waals surface area contributed by atoms with E-state index in [0.29, 0.717) is 0 Å². The lowest BCUT2D eigenvalue weighted by molar-refractivity contribution is 0.326. The molecule has 13 heavy (non-hydrogen) atoms. The average molecular weight is 205 g/mol. The molecule has 0 aromatic carbocycles. The molecule has 0 saturated heterocycles. The normalized spacial score (nSPS) is 14.1. The fourth-order valence-corrected chi connectivity index (χ4v) is 1.80. The number of nitrogens with zero attached hydrogens (tertiary/aromatic N) is 1. The molecule has 0 rings (SSSR count). The minimum Gasteiger partial charge on any atom is -0.616 e. The van der Waals surface area contributed by atoms with Gasteiger partial charge in [0.05, 0.1) is 0 Å². The zero-order valence-corrected chi connectivity index (χ0v) is 10.2. The van der Waals surface area contributed by atoms with Crippen molar-refractivity contribution in [2.45, 2.75) is 27.2 Å². The summed E-state index contributed by atoms with van der Waals surface area (Å²) in [7, 11) is 2.11. The van der Waals surface area contributed by atoms with Crippen LogP contribution < -0.4 is 0 Å². The molecule has 2 nitrogen and oxygen atoms in total. The van der Waals surface area contributed by atoms with E-state index in [1.165, 1.54) is 6.42 Å². The molecule has 0 saturated carbocycles. The van der Waals surface area contributed by atoms with E-state index < -0.39 is 11.2 Å². The molecule has 0 N–H and O–H groups in total. The summed E-state index contributed by atoms with van der Waals surface area (Å²) in [5.74, 6) is 2.38. The summed E-state index contributed by atoms with van der Waals surface area (Å²) in [4.78, 5) is 2.27. The summed E-state index contributed by atoms with van der Waals surface area (Å²) in [5, 5.41) is 0. The third kappa shape index (κ3) is 8.60. The predicted molar refractivity (Wildman–Crippen MR) is 60.5 cm³/mol. The average Bonchev–Trinajstić information content (AvgIpc) is 2.10. The first-order valence-electron chi connectivity index (χ1n) is 5.09. The quantitative estimate of drug-likeness (QED) is 0.592. The molecule has 0 aromatic rings. The molecule has 80 valence electrons. The molecular weight excluding hydrogens is 182 g/mol. The Morgan fingerprint density at radius 1 is 1.31 bits per heavy atom. The van der Waals surface area contributed by atoms with E-state index >= 15 is 0 Å². The van der Waals surface area contributed by atoms with Gasteiger partial charge in [0.2, 0.25) is 0 Å². The molecule has 1 unspecified atom stereocenters. The van der Waals surface area contributed by atoms with Crippen LogP contribution in [0.25, 0.3) is 0 Å². The van der Waals surface area contributed by atoms with Crippen LogP contribution in [-0.2, 0) is 11.2 Å². The number of hydrogen-bond donors (Lipinski definition) is 0. The molecule has 0 bridgehead atoms. The van der Waals surface area contributed by atoms with Gasteiger partial charge < -0.3 is 9.45 Å². The van der Waals surface area contributed by atoms with Gasteiger partial charge in [0.1, 0.15) is 11.5 Å². The lowest BCUT2D eigenvalue weighted by Crippen LogP contribution is -2.27. The molecule has 0 radical (unpaired) electrons. The van der Waals surface area contributed by atoms with Crippen LogP contribution in [0.3, 0.4) is 0 Å². The molecule has 0 aliphatic heterocycles. The smallest absolute Gasteiger partial charge is 0.118 e. The molecule has 0 aromatic heterocycles. The van der Waals surface area contributed by atoms with E-state index in [9.17, 15) is 4.55 Å². The van der Waals surface area contributed by atoms with E-state index in [1.807, 2.05) is 6.92 Å². The highest BCUT2D eigenvalue weighted by atomic mass is 32.2. The molecule has 0 amide bonds. The lowest BCUT2D eigenvalue weighted by Gasteiger charge is -2.18. The number of rotatable bonds is 7. The Morgan fingerprint density at radius 3 is 2.38 bits per heavy atom. The van der Waals surface area contributed by atoms with Crippen molar-refractivity contribution in [3.8, 4) is 0 Å². The Morgan fingerprint density at radius 2 is 1.92 bits per heavy atom. The van der Waals surface area contributed by atoms with Crippen LogP contribution in [0.5, 0.6) is 0 Å². The molecule has 0 aliphatic rings. The summed E-state index contributed by atoms with van der Waals surface area (Å²) in [6.07, 6.45) is 1.23. The summed E-state index contributed by atoms with van der Waals surface area (Å²) in [6.45, 7) is 8.53. The zero-order chi connectivity index (χ0) is 10.3. The first-order valence-corrected chi connectivity index (χ1v) is 6.58. The summed E-state index contributed by atoms with van der Waals surface area (Å²) < 4.78 is 11.1. The van der Waals surface area contributed by atoms with Gasteiger partial charge in [-0.05, 0) is 32.9 Å². The molecule has 0 fully saturated rings. The van der Waals surface area contributed by atoms with Gasteiger partial charge >= 0.3 is 0 Å². The van der Waals surface area contributed by atoms with Crippen LogP contribution in [0.15, 0.2) is 0 Å². The summed E-state index contributed by atoms with van der Waals surface area (Å²) >= 11 is -0.604. The minimum atomic E-state index is -0.604. The van der Waals surface area contributed by atoms with E-state index in [-0.39, 0.29) is 0 Å². The van der Waals surface area contributed by atoms with Crippen molar-refractivity contribution in [1.29, 1.82) is 0 Å². The van der Waals surface area contributed by atoms with Gasteiger partial charge in [-0.3, -0.25) is 0 Å². The van der Waals surface area contributed by atoms with Gasteiger partial charge in [-0.2, -0.15) is 0 Å². The minimum absolute atomic E-state index is 0.604. The fraction of sp³-hybridized carbons (Fsp3) is 1.00. The Hall–Kier alpha value is 0.270. The second-order valence-corrected chi connectivity index (χ2v) is 5.78. The monoisotopic (exact) mass is 205 g/mol. The highest BCUT2D eigenvalue weighted by molar-refractivity contribution is 7.91. The highest BCUT2D eigenvalue weighted by Crippen LogP contribution is 2.00.